The summed E-state index contributed by atoms with van der Waals surface area (Å²) < 4.78 is 0. The number of carboxylic acids is 2. The molecule has 2 atom stereocenters. The van der Waals surface area contributed by atoms with Crippen LogP contribution in [0.3, 0.4) is 0 Å². The van der Waals surface area contributed by atoms with Crippen molar-refractivity contribution >= 4 is 23.8 Å². The largest absolute Gasteiger partial charge is 0.477 e. The molecule has 18 heteroatoms. The molecule has 0 bridgehead atoms. The van der Waals surface area contributed by atoms with Gasteiger partial charge in [0.05, 0.1) is 23.0 Å². The van der Waals surface area contributed by atoms with Crippen molar-refractivity contribution in [2.75, 3.05) is 0 Å². The zero-order chi connectivity index (χ0) is 22.0. The van der Waals surface area contributed by atoms with Crippen molar-refractivity contribution in [3.63, 3.8) is 0 Å². The highest BCUT2D eigenvalue weighted by molar-refractivity contribution is 5.82. The lowest BCUT2D eigenvalue weighted by Crippen LogP contribution is -2.65. The molecule has 0 saturated heterocycles. The molecule has 26 heavy (non-hydrogen) atoms. The van der Waals surface area contributed by atoms with Gasteiger partial charge in [-0.05, 0) is 0 Å². The maximum atomic E-state index is 10.0. The number of hydrogen-bond acceptors (Lipinski definition) is 10. The van der Waals surface area contributed by atoms with Crippen molar-refractivity contribution in [1.82, 2.24) is 0 Å². The number of nitrogens with two attached hydrogens (primary N) is 2. The predicted octanol–water partition coefficient (Wildman–Crippen LogP) is -5.36. The van der Waals surface area contributed by atoms with Crippen LogP contribution >= 0.6 is 0 Å². The molecule has 0 fully saturated rings. The average Bonchev–Trinajstić information content (AvgIpc) is 2.36. The van der Waals surface area contributed by atoms with Gasteiger partial charge in [-0.2, -0.15) is 0 Å². The van der Waals surface area contributed by atoms with Gasteiger partial charge in [0.25, 0.3) is 0 Å². The number of amides is 2. The number of aliphatic carboxylic acids is 2. The minimum atomic E-state index is -1.75. The van der Waals surface area contributed by atoms with Crippen molar-refractivity contribution < 1.29 is 51.0 Å². The molecule has 0 aromatic carbocycles. The second-order valence-corrected chi connectivity index (χ2v) is 3.86. The SMILES string of the molecule is NC(=O)C[C@H]([NH3+])C(=O)O.NC(=O)C[C@H]([NH3+])C(=O)O.O=[N+]([O-])[O-].O=[N+]([O-])[O-]. The van der Waals surface area contributed by atoms with Crippen LogP contribution in [-0.2, 0) is 19.2 Å². The Morgan fingerprint density at radius 2 is 0.923 bits per heavy atom. The van der Waals surface area contributed by atoms with Gasteiger partial charge in [-0.25, -0.2) is 9.59 Å². The summed E-state index contributed by atoms with van der Waals surface area (Å²) in [7, 11) is 0. The molecule has 0 aliphatic carbocycles. The molecule has 0 rings (SSSR count). The summed E-state index contributed by atoms with van der Waals surface area (Å²) in [5.41, 5.74) is 15.7. The Labute approximate surface area is 143 Å². The molecule has 0 saturated carbocycles. The third kappa shape index (κ3) is 50.0. The van der Waals surface area contributed by atoms with Gasteiger partial charge in [-0.3, -0.25) is 9.59 Å². The summed E-state index contributed by atoms with van der Waals surface area (Å²) in [6.07, 6.45) is -0.398. The maximum absolute atomic E-state index is 10.0. The third-order valence-electron chi connectivity index (χ3n) is 1.59. The van der Waals surface area contributed by atoms with E-state index in [2.05, 4.69) is 22.9 Å². The molecular weight excluding hydrogens is 372 g/mol. The van der Waals surface area contributed by atoms with E-state index in [0.29, 0.717) is 0 Å². The highest BCUT2D eigenvalue weighted by Gasteiger charge is 2.18. The molecule has 152 valence electrons. The van der Waals surface area contributed by atoms with Crippen LogP contribution < -0.4 is 22.9 Å². The number of carboxylic acid groups (broad SMARTS) is 2. The van der Waals surface area contributed by atoms with Crippen LogP contribution in [0.4, 0.5) is 0 Å². The van der Waals surface area contributed by atoms with E-state index in [0.717, 1.165) is 0 Å². The first kappa shape index (κ1) is 30.1. The van der Waals surface area contributed by atoms with Crippen LogP contribution in [-0.4, -0.2) is 56.2 Å². The molecule has 2 amide bonds. The fourth-order valence-corrected chi connectivity index (χ4v) is 0.660. The van der Waals surface area contributed by atoms with Crippen molar-refractivity contribution in [3.05, 3.63) is 30.6 Å². The summed E-state index contributed by atoms with van der Waals surface area (Å²) >= 11 is 0. The smallest absolute Gasteiger partial charge is 0.362 e. The molecule has 12 N–H and O–H groups in total. The first-order chi connectivity index (χ1) is 11.5. The summed E-state index contributed by atoms with van der Waals surface area (Å²) in [5, 5.41) is 45.8. The van der Waals surface area contributed by atoms with E-state index in [-0.39, 0.29) is 12.8 Å². The van der Waals surface area contributed by atoms with E-state index in [1.807, 2.05) is 0 Å². The van der Waals surface area contributed by atoms with Crippen molar-refractivity contribution in [2.24, 2.45) is 11.5 Å². The van der Waals surface area contributed by atoms with Crippen LogP contribution in [0.15, 0.2) is 0 Å². The van der Waals surface area contributed by atoms with E-state index < -0.39 is 46.0 Å². The van der Waals surface area contributed by atoms with Crippen molar-refractivity contribution in [3.8, 4) is 0 Å². The van der Waals surface area contributed by atoms with E-state index in [4.69, 9.17) is 40.9 Å². The van der Waals surface area contributed by atoms with Gasteiger partial charge in [-0.1, -0.05) is 0 Å². The maximum Gasteiger partial charge on any atom is 0.362 e. The Hall–Kier alpha value is -3.80. The van der Waals surface area contributed by atoms with Crippen molar-refractivity contribution in [1.29, 1.82) is 0 Å². The molecule has 0 spiro atoms. The van der Waals surface area contributed by atoms with E-state index in [1.54, 1.807) is 0 Å². The zero-order valence-electron chi connectivity index (χ0n) is 13.0. The first-order valence-electron chi connectivity index (χ1n) is 5.85. The number of primary amides is 2. The lowest BCUT2D eigenvalue weighted by molar-refractivity contribution is -0.406. The minimum absolute atomic E-state index is 0.199. The summed E-state index contributed by atoms with van der Waals surface area (Å²) in [4.78, 5) is 56.5. The van der Waals surface area contributed by atoms with Crippen LogP contribution in [0.1, 0.15) is 12.8 Å². The summed E-state index contributed by atoms with van der Waals surface area (Å²) in [6, 6.07) is -1.83. The van der Waals surface area contributed by atoms with Gasteiger partial charge in [0.15, 0.2) is 12.1 Å². The Balaban J connectivity index is -0.000000134. The molecular formula is C8H18N6O12. The van der Waals surface area contributed by atoms with Crippen molar-refractivity contribution in [2.45, 2.75) is 24.9 Å². The van der Waals surface area contributed by atoms with Gasteiger partial charge in [0, 0.05) is 0 Å². The molecule has 0 aromatic heterocycles. The standard InChI is InChI=1S/2C4H8N2O3.2NO3/c2*5-2(4(8)9)1-3(6)7;2*2-1(3)4/h2*2H,1,5H2,(H2,6,7)(H,8,9);;/q;;2*-1/p+2/t2*2-;;/m00../s1. The Morgan fingerprint density at radius 1 is 0.769 bits per heavy atom. The summed E-state index contributed by atoms with van der Waals surface area (Å²) in [5.74, 6) is -3.49. The normalized spacial score (nSPS) is 10.5. The van der Waals surface area contributed by atoms with E-state index in [9.17, 15) is 19.2 Å². The number of carbonyl (C=O) groups is 4. The molecule has 0 aliphatic rings. The van der Waals surface area contributed by atoms with Crippen LogP contribution in [0.2, 0.25) is 0 Å². The predicted molar refractivity (Wildman–Crippen MR) is 77.0 cm³/mol. The highest BCUT2D eigenvalue weighted by Crippen LogP contribution is 1.82. The van der Waals surface area contributed by atoms with Gasteiger partial charge >= 0.3 is 11.9 Å². The molecule has 0 radical (unpaired) electrons. The number of carbonyl (C=O) groups excluding carboxylic acids is 2. The van der Waals surface area contributed by atoms with Gasteiger partial charge in [0.2, 0.25) is 11.8 Å². The van der Waals surface area contributed by atoms with E-state index in [1.165, 1.54) is 0 Å². The highest BCUT2D eigenvalue weighted by atomic mass is 16.9. The number of nitrogens with zero attached hydrogens (tertiary/aromatic N) is 2. The number of hydrogen-bond donors (Lipinski definition) is 6. The second-order valence-electron chi connectivity index (χ2n) is 3.86. The average molecular weight is 390 g/mol. The quantitative estimate of drug-likeness (QED) is 0.183. The van der Waals surface area contributed by atoms with Crippen LogP contribution in [0.25, 0.3) is 0 Å². The Bertz CT molecular complexity index is 444. The van der Waals surface area contributed by atoms with Gasteiger partial charge in [0.1, 0.15) is 0 Å². The first-order valence-corrected chi connectivity index (χ1v) is 5.85. The second kappa shape index (κ2) is 17.6. The monoisotopic (exact) mass is 390 g/mol. The number of quaternary nitrogens is 2. The fourth-order valence-electron chi connectivity index (χ4n) is 0.660. The molecule has 0 unspecified atom stereocenters. The lowest BCUT2D eigenvalue weighted by Gasteiger charge is -1.96. The molecule has 0 heterocycles. The van der Waals surface area contributed by atoms with Crippen LogP contribution in [0.5, 0.6) is 0 Å². The van der Waals surface area contributed by atoms with E-state index >= 15 is 0 Å². The van der Waals surface area contributed by atoms with Crippen LogP contribution in [0, 0.1) is 30.6 Å². The lowest BCUT2D eigenvalue weighted by atomic mass is 10.2. The topological polar surface area (TPSA) is 348 Å². The molecule has 18 nitrogen and oxygen atoms in total. The minimum Gasteiger partial charge on any atom is -0.477 e. The Morgan fingerprint density at radius 3 is 0.962 bits per heavy atom. The number of rotatable bonds is 6. The summed E-state index contributed by atoms with van der Waals surface area (Å²) in [6.45, 7) is 0. The van der Waals surface area contributed by atoms with Gasteiger partial charge in [-0.15, -0.1) is 0 Å². The third-order valence-corrected chi connectivity index (χ3v) is 1.59. The zero-order valence-corrected chi connectivity index (χ0v) is 13.0. The molecule has 0 aliphatic heterocycles. The van der Waals surface area contributed by atoms with Gasteiger partial charge < -0.3 is 63.8 Å². The Kier molecular flexibility index (Phi) is 20.3. The molecule has 0 aromatic rings. The fraction of sp³-hybridized carbons (Fsp3) is 0.500.